The first-order chi connectivity index (χ1) is 8.17. The number of aliphatic hydroxyl groups excluding tert-OH is 1. The van der Waals surface area contributed by atoms with Crippen LogP contribution in [0.15, 0.2) is 24.3 Å². The molecule has 96 valence electrons. The number of benzene rings is 1. The summed E-state index contributed by atoms with van der Waals surface area (Å²) in [7, 11) is 0. The minimum absolute atomic E-state index is 0.0858. The van der Waals surface area contributed by atoms with Gasteiger partial charge in [-0.2, -0.15) is 0 Å². The summed E-state index contributed by atoms with van der Waals surface area (Å²) in [6.45, 7) is 7.03. The third kappa shape index (κ3) is 4.86. The lowest BCUT2D eigenvalue weighted by molar-refractivity contribution is 0.198. The van der Waals surface area contributed by atoms with Crippen molar-refractivity contribution in [3.05, 3.63) is 35.4 Å². The molecule has 0 aromatic heterocycles. The maximum Gasteiger partial charge on any atom is 0.0558 e. The molecule has 1 rings (SSSR count). The summed E-state index contributed by atoms with van der Waals surface area (Å²) in [4.78, 5) is 2.22. The second kappa shape index (κ2) is 7.43. The van der Waals surface area contributed by atoms with Crippen LogP contribution in [-0.4, -0.2) is 36.2 Å². The number of nitrogens with zero attached hydrogens (tertiary/aromatic N) is 1. The Kier molecular flexibility index (Phi) is 6.19. The van der Waals surface area contributed by atoms with Gasteiger partial charge in [0.25, 0.3) is 0 Å². The molecular formula is C14H24N2O. The maximum absolute atomic E-state index is 8.91. The van der Waals surface area contributed by atoms with Gasteiger partial charge in [0.2, 0.25) is 0 Å². The van der Waals surface area contributed by atoms with Crippen molar-refractivity contribution in [3.8, 4) is 0 Å². The summed E-state index contributed by atoms with van der Waals surface area (Å²) < 4.78 is 0. The van der Waals surface area contributed by atoms with Crippen LogP contribution in [-0.2, 0) is 0 Å². The molecule has 0 radical (unpaired) electrons. The molecule has 0 saturated carbocycles. The van der Waals surface area contributed by atoms with Gasteiger partial charge in [0.05, 0.1) is 6.61 Å². The van der Waals surface area contributed by atoms with Gasteiger partial charge in [0.15, 0.2) is 0 Å². The molecule has 0 amide bonds. The van der Waals surface area contributed by atoms with Crippen molar-refractivity contribution >= 4 is 0 Å². The van der Waals surface area contributed by atoms with E-state index in [1.807, 2.05) is 0 Å². The van der Waals surface area contributed by atoms with Crippen LogP contribution in [0.3, 0.4) is 0 Å². The Balaban J connectivity index is 2.46. The maximum atomic E-state index is 8.91. The average molecular weight is 236 g/mol. The number of aryl methyl sites for hydroxylation is 1. The molecule has 3 nitrogen and oxygen atoms in total. The van der Waals surface area contributed by atoms with E-state index in [4.69, 9.17) is 10.8 Å². The molecule has 0 heterocycles. The zero-order valence-corrected chi connectivity index (χ0v) is 10.9. The molecule has 1 aromatic carbocycles. The number of nitrogens with two attached hydrogens (primary N) is 1. The van der Waals surface area contributed by atoms with Crippen LogP contribution in [0.1, 0.15) is 30.5 Å². The summed E-state index contributed by atoms with van der Waals surface area (Å²) in [5.74, 6) is 0. The molecule has 17 heavy (non-hydrogen) atoms. The van der Waals surface area contributed by atoms with Crippen LogP contribution in [0.5, 0.6) is 0 Å². The van der Waals surface area contributed by atoms with Gasteiger partial charge in [-0.1, -0.05) is 36.8 Å². The predicted octanol–water partition coefficient (Wildman–Crippen LogP) is 1.70. The van der Waals surface area contributed by atoms with Crippen molar-refractivity contribution in [1.82, 2.24) is 4.90 Å². The van der Waals surface area contributed by atoms with E-state index in [1.54, 1.807) is 0 Å². The molecule has 1 atom stereocenters. The predicted molar refractivity (Wildman–Crippen MR) is 71.9 cm³/mol. The SMILES string of the molecule is CCN(CCO)CCC(N)c1cccc(C)c1. The fraction of sp³-hybridized carbons (Fsp3) is 0.571. The van der Waals surface area contributed by atoms with Gasteiger partial charge >= 0.3 is 0 Å². The molecule has 0 saturated heterocycles. The van der Waals surface area contributed by atoms with E-state index >= 15 is 0 Å². The minimum atomic E-state index is 0.0858. The van der Waals surface area contributed by atoms with E-state index in [-0.39, 0.29) is 12.6 Å². The van der Waals surface area contributed by atoms with Crippen molar-refractivity contribution in [2.45, 2.75) is 26.3 Å². The molecule has 0 aliphatic heterocycles. The second-order valence-electron chi connectivity index (χ2n) is 4.47. The summed E-state index contributed by atoms with van der Waals surface area (Å²) in [5, 5.41) is 8.91. The van der Waals surface area contributed by atoms with Gasteiger partial charge in [0, 0.05) is 19.1 Å². The topological polar surface area (TPSA) is 49.5 Å². The van der Waals surface area contributed by atoms with Gasteiger partial charge in [-0.05, 0) is 25.5 Å². The van der Waals surface area contributed by atoms with E-state index in [9.17, 15) is 0 Å². The molecule has 1 unspecified atom stereocenters. The fourth-order valence-corrected chi connectivity index (χ4v) is 1.96. The van der Waals surface area contributed by atoms with Gasteiger partial charge in [-0.25, -0.2) is 0 Å². The molecule has 3 heteroatoms. The Labute approximate surface area is 104 Å². The van der Waals surface area contributed by atoms with E-state index in [1.165, 1.54) is 11.1 Å². The van der Waals surface area contributed by atoms with Gasteiger partial charge < -0.3 is 15.7 Å². The largest absolute Gasteiger partial charge is 0.395 e. The van der Waals surface area contributed by atoms with Crippen molar-refractivity contribution in [3.63, 3.8) is 0 Å². The van der Waals surface area contributed by atoms with Crippen LogP contribution in [0.25, 0.3) is 0 Å². The highest BCUT2D eigenvalue weighted by atomic mass is 16.3. The van der Waals surface area contributed by atoms with Crippen LogP contribution in [0, 0.1) is 6.92 Å². The number of hydrogen-bond donors (Lipinski definition) is 2. The highest BCUT2D eigenvalue weighted by Gasteiger charge is 2.08. The molecule has 1 aromatic rings. The Bertz CT molecular complexity index is 328. The smallest absolute Gasteiger partial charge is 0.0558 e. The Morgan fingerprint density at radius 3 is 2.71 bits per heavy atom. The standard InChI is InChI=1S/C14H24N2O/c1-3-16(9-10-17)8-7-14(15)13-6-4-5-12(2)11-13/h4-6,11,14,17H,3,7-10,15H2,1-2H3. The van der Waals surface area contributed by atoms with E-state index in [2.05, 4.69) is 43.0 Å². The van der Waals surface area contributed by atoms with Crippen LogP contribution in [0.4, 0.5) is 0 Å². The highest BCUT2D eigenvalue weighted by Crippen LogP contribution is 2.15. The molecule has 3 N–H and O–H groups in total. The van der Waals surface area contributed by atoms with Crippen molar-refractivity contribution < 1.29 is 5.11 Å². The Morgan fingerprint density at radius 1 is 1.35 bits per heavy atom. The van der Waals surface area contributed by atoms with E-state index in [0.717, 1.165) is 26.1 Å². The van der Waals surface area contributed by atoms with Gasteiger partial charge in [0.1, 0.15) is 0 Å². The monoisotopic (exact) mass is 236 g/mol. The lowest BCUT2D eigenvalue weighted by atomic mass is 10.0. The second-order valence-corrected chi connectivity index (χ2v) is 4.47. The van der Waals surface area contributed by atoms with Gasteiger partial charge in [-0.3, -0.25) is 0 Å². The minimum Gasteiger partial charge on any atom is -0.395 e. The molecule has 0 aliphatic rings. The first kappa shape index (κ1) is 14.2. The summed E-state index contributed by atoms with van der Waals surface area (Å²) in [6.07, 6.45) is 0.928. The number of hydrogen-bond acceptors (Lipinski definition) is 3. The van der Waals surface area contributed by atoms with Crippen molar-refractivity contribution in [2.24, 2.45) is 5.73 Å². The quantitative estimate of drug-likeness (QED) is 0.757. The molecule has 0 fully saturated rings. The van der Waals surface area contributed by atoms with Crippen LogP contribution < -0.4 is 5.73 Å². The number of likely N-dealkylation sites (N-methyl/N-ethyl adjacent to an activating group) is 1. The number of aliphatic hydroxyl groups is 1. The number of rotatable bonds is 7. The molecule has 0 bridgehead atoms. The summed E-state index contributed by atoms with van der Waals surface area (Å²) in [5.41, 5.74) is 8.62. The lowest BCUT2D eigenvalue weighted by Crippen LogP contribution is -2.29. The normalized spacial score (nSPS) is 13.0. The highest BCUT2D eigenvalue weighted by molar-refractivity contribution is 5.24. The third-order valence-electron chi connectivity index (χ3n) is 3.09. The van der Waals surface area contributed by atoms with Crippen molar-refractivity contribution in [1.29, 1.82) is 0 Å². The van der Waals surface area contributed by atoms with Crippen LogP contribution in [0.2, 0.25) is 0 Å². The summed E-state index contributed by atoms with van der Waals surface area (Å²) in [6, 6.07) is 8.45. The Morgan fingerprint density at radius 2 is 2.12 bits per heavy atom. The molecule has 0 spiro atoms. The molecule has 0 aliphatic carbocycles. The average Bonchev–Trinajstić information content (AvgIpc) is 2.34. The zero-order chi connectivity index (χ0) is 12.7. The van der Waals surface area contributed by atoms with E-state index < -0.39 is 0 Å². The zero-order valence-electron chi connectivity index (χ0n) is 10.9. The molecular weight excluding hydrogens is 212 g/mol. The first-order valence-corrected chi connectivity index (χ1v) is 6.32. The fourth-order valence-electron chi connectivity index (χ4n) is 1.96. The summed E-state index contributed by atoms with van der Waals surface area (Å²) >= 11 is 0. The van der Waals surface area contributed by atoms with Gasteiger partial charge in [-0.15, -0.1) is 0 Å². The lowest BCUT2D eigenvalue weighted by Gasteiger charge is -2.21. The first-order valence-electron chi connectivity index (χ1n) is 6.32. The Hall–Kier alpha value is -0.900. The van der Waals surface area contributed by atoms with Crippen LogP contribution >= 0.6 is 0 Å². The van der Waals surface area contributed by atoms with E-state index in [0.29, 0.717) is 0 Å². The van der Waals surface area contributed by atoms with Crippen molar-refractivity contribution in [2.75, 3.05) is 26.2 Å². The third-order valence-corrected chi connectivity index (χ3v) is 3.09.